The van der Waals surface area contributed by atoms with Crippen LogP contribution in [0.2, 0.25) is 0 Å². The lowest BCUT2D eigenvalue weighted by molar-refractivity contribution is -0.131. The second kappa shape index (κ2) is 3.68. The number of hydrogen-bond donors (Lipinski definition) is 1. The first-order valence-electron chi connectivity index (χ1n) is 1.79. The van der Waals surface area contributed by atoms with Gasteiger partial charge in [-0.25, -0.2) is 4.79 Å². The van der Waals surface area contributed by atoms with Crippen LogP contribution >= 0.6 is 0 Å². The molecule has 0 aliphatic heterocycles. The van der Waals surface area contributed by atoms with Gasteiger partial charge < -0.3 is 10.5 Å². The van der Waals surface area contributed by atoms with Crippen LogP contribution < -0.4 is 5.73 Å². The maximum atomic E-state index is 10.0. The van der Waals surface area contributed by atoms with E-state index in [1.165, 1.54) is 6.26 Å². The fraction of sp³-hybridized carbons (Fsp3) is 0. The molecule has 0 radical (unpaired) electrons. The summed E-state index contributed by atoms with van der Waals surface area (Å²) in [6, 6.07) is 0. The maximum absolute atomic E-state index is 10.0. The van der Waals surface area contributed by atoms with Gasteiger partial charge in [-0.15, -0.1) is 5.26 Å². The zero-order chi connectivity index (χ0) is 6.41. The van der Waals surface area contributed by atoms with Gasteiger partial charge in [-0.3, -0.25) is 0 Å². The molecule has 0 saturated carbocycles. The first-order chi connectivity index (χ1) is 3.81. The van der Waals surface area contributed by atoms with Gasteiger partial charge in [0.2, 0.25) is 0 Å². The van der Waals surface area contributed by atoms with Crippen LogP contribution in [0.1, 0.15) is 0 Å². The molecule has 0 aliphatic carbocycles. The van der Waals surface area contributed by atoms with Gasteiger partial charge in [0.05, 0.1) is 0 Å². The molecule has 0 aliphatic rings. The SMILES string of the molecule is N#COC(=O)C=CN. The summed E-state index contributed by atoms with van der Waals surface area (Å²) in [5, 5.41) is 7.70. The molecule has 0 aromatic heterocycles. The fourth-order valence-electron chi connectivity index (χ4n) is 0.158. The molecule has 4 heteroatoms. The third kappa shape index (κ3) is 2.72. The Morgan fingerprint density at radius 1 is 1.88 bits per heavy atom. The van der Waals surface area contributed by atoms with E-state index in [0.717, 1.165) is 12.3 Å². The van der Waals surface area contributed by atoms with Crippen LogP contribution in [0.15, 0.2) is 12.3 Å². The highest BCUT2D eigenvalue weighted by molar-refractivity contribution is 5.82. The second-order valence-electron chi connectivity index (χ2n) is 0.872. The van der Waals surface area contributed by atoms with Crippen LogP contribution in [0.5, 0.6) is 0 Å². The molecule has 0 fully saturated rings. The average molecular weight is 112 g/mol. The van der Waals surface area contributed by atoms with E-state index in [-0.39, 0.29) is 0 Å². The number of carbonyl (C=O) groups is 1. The predicted octanol–water partition coefficient (Wildman–Crippen LogP) is -0.517. The lowest BCUT2D eigenvalue weighted by atomic mass is 10.6. The lowest BCUT2D eigenvalue weighted by Gasteiger charge is -1.79. The molecule has 0 bridgehead atoms. The first-order valence-corrected chi connectivity index (χ1v) is 1.79. The molecule has 0 atom stereocenters. The molecular weight excluding hydrogens is 108 g/mol. The number of nitriles is 1. The number of carbonyl (C=O) groups excluding carboxylic acids is 1. The van der Waals surface area contributed by atoms with Crippen LogP contribution in [0.3, 0.4) is 0 Å². The van der Waals surface area contributed by atoms with E-state index in [0.29, 0.717) is 0 Å². The van der Waals surface area contributed by atoms with Gasteiger partial charge in [0, 0.05) is 12.3 Å². The number of rotatable bonds is 1. The van der Waals surface area contributed by atoms with Crippen molar-refractivity contribution in [2.45, 2.75) is 0 Å². The molecule has 0 unspecified atom stereocenters. The fourth-order valence-corrected chi connectivity index (χ4v) is 0.158. The van der Waals surface area contributed by atoms with Gasteiger partial charge in [-0.05, 0) is 0 Å². The topological polar surface area (TPSA) is 76.1 Å². The van der Waals surface area contributed by atoms with Crippen molar-refractivity contribution in [1.29, 1.82) is 5.26 Å². The molecule has 0 saturated heterocycles. The maximum Gasteiger partial charge on any atom is 0.347 e. The molecule has 0 heterocycles. The predicted molar refractivity (Wildman–Crippen MR) is 25.0 cm³/mol. The summed E-state index contributed by atoms with van der Waals surface area (Å²) in [6.45, 7) is 0. The number of esters is 1. The Balaban J connectivity index is 3.53. The third-order valence-corrected chi connectivity index (χ3v) is 0.379. The highest BCUT2D eigenvalue weighted by Gasteiger charge is 1.90. The largest absolute Gasteiger partial charge is 0.404 e. The standard InChI is InChI=1S/C4H4N2O2/c5-2-1-4(7)8-3-6/h1-2H,5H2. The number of nitrogens with two attached hydrogens (primary N) is 1. The van der Waals surface area contributed by atoms with E-state index in [9.17, 15) is 4.79 Å². The van der Waals surface area contributed by atoms with Crippen molar-refractivity contribution >= 4 is 5.97 Å². The highest BCUT2D eigenvalue weighted by atomic mass is 16.5. The smallest absolute Gasteiger partial charge is 0.347 e. The quantitative estimate of drug-likeness (QED) is 0.281. The van der Waals surface area contributed by atoms with Crippen LogP contribution in [-0.2, 0) is 9.53 Å². The Morgan fingerprint density at radius 3 is 2.88 bits per heavy atom. The van der Waals surface area contributed by atoms with Crippen molar-refractivity contribution in [3.63, 3.8) is 0 Å². The summed E-state index contributed by atoms with van der Waals surface area (Å²) in [5.41, 5.74) is 4.77. The number of hydrogen-bond acceptors (Lipinski definition) is 4. The van der Waals surface area contributed by atoms with E-state index < -0.39 is 5.97 Å². The van der Waals surface area contributed by atoms with E-state index in [4.69, 9.17) is 11.0 Å². The molecular formula is C4H4N2O2. The van der Waals surface area contributed by atoms with Crippen LogP contribution in [-0.4, -0.2) is 5.97 Å². The normalized spacial score (nSPS) is 8.38. The van der Waals surface area contributed by atoms with Crippen molar-refractivity contribution in [2.24, 2.45) is 5.73 Å². The minimum atomic E-state index is -0.755. The van der Waals surface area contributed by atoms with E-state index in [1.807, 2.05) is 0 Å². The lowest BCUT2D eigenvalue weighted by Crippen LogP contribution is -1.94. The van der Waals surface area contributed by atoms with Gasteiger partial charge in [0.1, 0.15) is 0 Å². The summed E-state index contributed by atoms with van der Waals surface area (Å²) < 4.78 is 3.78. The highest BCUT2D eigenvalue weighted by Crippen LogP contribution is 1.73. The average Bonchev–Trinajstić information content (AvgIpc) is 1.68. The molecule has 42 valence electrons. The Labute approximate surface area is 46.2 Å². The molecule has 0 aromatic rings. The Morgan fingerprint density at radius 2 is 2.50 bits per heavy atom. The minimum Gasteiger partial charge on any atom is -0.404 e. The summed E-state index contributed by atoms with van der Waals surface area (Å²) >= 11 is 0. The Bertz CT molecular complexity index is 145. The molecule has 0 amide bonds. The van der Waals surface area contributed by atoms with Gasteiger partial charge in [0.25, 0.3) is 6.26 Å². The molecule has 0 rings (SSSR count). The summed E-state index contributed by atoms with van der Waals surface area (Å²) in [6.07, 6.45) is 3.14. The monoisotopic (exact) mass is 112 g/mol. The second-order valence-corrected chi connectivity index (χ2v) is 0.872. The number of nitrogens with zero attached hydrogens (tertiary/aromatic N) is 1. The van der Waals surface area contributed by atoms with Crippen LogP contribution in [0.4, 0.5) is 0 Å². The van der Waals surface area contributed by atoms with Gasteiger partial charge in [-0.1, -0.05) is 0 Å². The van der Waals surface area contributed by atoms with E-state index in [1.54, 1.807) is 0 Å². The summed E-state index contributed by atoms with van der Waals surface area (Å²) in [7, 11) is 0. The zero-order valence-corrected chi connectivity index (χ0v) is 4.00. The summed E-state index contributed by atoms with van der Waals surface area (Å²) in [4.78, 5) is 10.0. The number of ether oxygens (including phenoxy) is 1. The van der Waals surface area contributed by atoms with Crippen molar-refractivity contribution < 1.29 is 9.53 Å². The molecule has 4 nitrogen and oxygen atoms in total. The molecule has 8 heavy (non-hydrogen) atoms. The Hall–Kier alpha value is -1.50. The minimum absolute atomic E-state index is 0.755. The molecule has 2 N–H and O–H groups in total. The third-order valence-electron chi connectivity index (χ3n) is 0.379. The van der Waals surface area contributed by atoms with Gasteiger partial charge in [-0.2, -0.15) is 0 Å². The van der Waals surface area contributed by atoms with Crippen molar-refractivity contribution in [1.82, 2.24) is 0 Å². The van der Waals surface area contributed by atoms with Crippen LogP contribution in [0.25, 0.3) is 0 Å². The molecule has 0 spiro atoms. The molecule has 0 aromatic carbocycles. The van der Waals surface area contributed by atoms with Crippen molar-refractivity contribution in [3.05, 3.63) is 12.3 Å². The van der Waals surface area contributed by atoms with E-state index in [2.05, 4.69) is 4.74 Å². The van der Waals surface area contributed by atoms with E-state index >= 15 is 0 Å². The van der Waals surface area contributed by atoms with Gasteiger partial charge >= 0.3 is 5.97 Å². The van der Waals surface area contributed by atoms with Crippen molar-refractivity contribution in [3.8, 4) is 6.26 Å². The first kappa shape index (κ1) is 6.50. The Kier molecular flexibility index (Phi) is 2.99. The van der Waals surface area contributed by atoms with Gasteiger partial charge in [0.15, 0.2) is 0 Å². The van der Waals surface area contributed by atoms with Crippen LogP contribution in [0, 0.1) is 11.5 Å². The zero-order valence-electron chi connectivity index (χ0n) is 4.00. The summed E-state index contributed by atoms with van der Waals surface area (Å²) in [5.74, 6) is -0.755. The van der Waals surface area contributed by atoms with Crippen molar-refractivity contribution in [2.75, 3.05) is 0 Å².